The summed E-state index contributed by atoms with van der Waals surface area (Å²) in [4.78, 5) is 6.80. The van der Waals surface area contributed by atoms with Gasteiger partial charge in [-0.25, -0.2) is 4.98 Å². The van der Waals surface area contributed by atoms with E-state index in [2.05, 4.69) is 47.8 Å². The lowest BCUT2D eigenvalue weighted by atomic mass is 10.2. The number of nitrogens with zero attached hydrogens (tertiary/aromatic N) is 2. The third-order valence-electron chi connectivity index (χ3n) is 3.22. The van der Waals surface area contributed by atoms with Gasteiger partial charge in [-0.15, -0.1) is 6.58 Å². The lowest BCUT2D eigenvalue weighted by Gasteiger charge is -2.26. The summed E-state index contributed by atoms with van der Waals surface area (Å²) >= 11 is 0. The van der Waals surface area contributed by atoms with E-state index >= 15 is 0 Å². The molecule has 0 unspecified atom stereocenters. The molecule has 0 saturated heterocycles. The van der Waals surface area contributed by atoms with Gasteiger partial charge in [-0.2, -0.15) is 0 Å². The fourth-order valence-corrected chi connectivity index (χ4v) is 1.95. The molecule has 1 heterocycles. The molecule has 3 heteroatoms. The second-order valence-electron chi connectivity index (χ2n) is 5.21. The number of hydrogen-bond donors (Lipinski definition) is 1. The first-order valence-corrected chi connectivity index (χ1v) is 6.76. The fraction of sp³-hybridized carbons (Fsp3) is 0.533. The molecule has 0 atom stereocenters. The Bertz CT molecular complexity index is 379. The number of nitrogens with one attached hydrogen (secondary N) is 1. The van der Waals surface area contributed by atoms with Crippen molar-refractivity contribution in [3.8, 4) is 0 Å². The SMILES string of the molecule is C=CCN(c1ccc(CNC2CC2)cn1)C(C)C. The first-order valence-electron chi connectivity index (χ1n) is 6.76. The van der Waals surface area contributed by atoms with Crippen LogP contribution in [0.2, 0.25) is 0 Å². The topological polar surface area (TPSA) is 28.2 Å². The molecule has 1 saturated carbocycles. The summed E-state index contributed by atoms with van der Waals surface area (Å²) in [5.41, 5.74) is 1.26. The predicted molar refractivity (Wildman–Crippen MR) is 76.8 cm³/mol. The van der Waals surface area contributed by atoms with Gasteiger partial charge < -0.3 is 10.2 Å². The van der Waals surface area contributed by atoms with Gasteiger partial charge in [0, 0.05) is 31.4 Å². The third kappa shape index (κ3) is 3.57. The molecule has 0 aromatic carbocycles. The molecule has 0 amide bonds. The molecule has 18 heavy (non-hydrogen) atoms. The lowest BCUT2D eigenvalue weighted by Crippen LogP contribution is -2.31. The van der Waals surface area contributed by atoms with Gasteiger partial charge in [-0.1, -0.05) is 12.1 Å². The Labute approximate surface area is 110 Å². The van der Waals surface area contributed by atoms with Gasteiger partial charge in [0.15, 0.2) is 0 Å². The highest BCUT2D eigenvalue weighted by Gasteiger charge is 2.20. The maximum Gasteiger partial charge on any atom is 0.128 e. The summed E-state index contributed by atoms with van der Waals surface area (Å²) in [6, 6.07) is 5.45. The van der Waals surface area contributed by atoms with Crippen LogP contribution < -0.4 is 10.2 Å². The molecule has 2 rings (SSSR count). The van der Waals surface area contributed by atoms with E-state index < -0.39 is 0 Å². The molecule has 1 N–H and O–H groups in total. The molecule has 0 spiro atoms. The van der Waals surface area contributed by atoms with Gasteiger partial charge in [0.1, 0.15) is 5.82 Å². The fourth-order valence-electron chi connectivity index (χ4n) is 1.95. The molecule has 0 aliphatic heterocycles. The monoisotopic (exact) mass is 245 g/mol. The zero-order valence-corrected chi connectivity index (χ0v) is 11.4. The Morgan fingerprint density at radius 1 is 1.50 bits per heavy atom. The molecule has 1 aliphatic carbocycles. The van der Waals surface area contributed by atoms with Gasteiger partial charge in [-0.3, -0.25) is 0 Å². The Kier molecular flexibility index (Phi) is 4.37. The highest BCUT2D eigenvalue weighted by Crippen LogP contribution is 2.19. The van der Waals surface area contributed by atoms with Crippen LogP contribution in [0.4, 0.5) is 5.82 Å². The van der Waals surface area contributed by atoms with Crippen molar-refractivity contribution in [3.63, 3.8) is 0 Å². The largest absolute Gasteiger partial charge is 0.350 e. The lowest BCUT2D eigenvalue weighted by molar-refractivity contribution is 0.682. The van der Waals surface area contributed by atoms with Gasteiger partial charge in [0.05, 0.1) is 0 Å². The predicted octanol–water partition coefficient (Wildman–Crippen LogP) is 2.73. The van der Waals surface area contributed by atoms with Gasteiger partial charge in [-0.05, 0) is 38.3 Å². The molecule has 98 valence electrons. The smallest absolute Gasteiger partial charge is 0.128 e. The Morgan fingerprint density at radius 3 is 2.78 bits per heavy atom. The van der Waals surface area contributed by atoms with Crippen molar-refractivity contribution >= 4 is 5.82 Å². The first-order chi connectivity index (χ1) is 8.70. The highest BCUT2D eigenvalue weighted by molar-refractivity contribution is 5.41. The summed E-state index contributed by atoms with van der Waals surface area (Å²) in [6.45, 7) is 9.92. The minimum Gasteiger partial charge on any atom is -0.350 e. The number of aromatic nitrogens is 1. The zero-order valence-electron chi connectivity index (χ0n) is 11.4. The molecule has 1 fully saturated rings. The number of rotatable bonds is 7. The van der Waals surface area contributed by atoms with Crippen molar-refractivity contribution in [2.45, 2.75) is 45.3 Å². The molecule has 0 bridgehead atoms. The maximum absolute atomic E-state index is 4.56. The Balaban J connectivity index is 1.97. The average molecular weight is 245 g/mol. The van der Waals surface area contributed by atoms with Crippen molar-refractivity contribution in [3.05, 3.63) is 36.5 Å². The third-order valence-corrected chi connectivity index (χ3v) is 3.22. The van der Waals surface area contributed by atoms with Crippen LogP contribution in [0.1, 0.15) is 32.3 Å². The number of hydrogen-bond acceptors (Lipinski definition) is 3. The maximum atomic E-state index is 4.56. The van der Waals surface area contributed by atoms with Crippen molar-refractivity contribution in [2.24, 2.45) is 0 Å². The minimum atomic E-state index is 0.436. The van der Waals surface area contributed by atoms with Crippen LogP contribution in [0.15, 0.2) is 31.0 Å². The van der Waals surface area contributed by atoms with E-state index in [9.17, 15) is 0 Å². The van der Waals surface area contributed by atoms with Crippen molar-refractivity contribution in [1.29, 1.82) is 0 Å². The van der Waals surface area contributed by atoms with E-state index in [-0.39, 0.29) is 0 Å². The quantitative estimate of drug-likeness (QED) is 0.749. The molecule has 3 nitrogen and oxygen atoms in total. The van der Waals surface area contributed by atoms with Crippen molar-refractivity contribution in [2.75, 3.05) is 11.4 Å². The van der Waals surface area contributed by atoms with Crippen LogP contribution in [-0.2, 0) is 6.54 Å². The second kappa shape index (κ2) is 6.01. The Morgan fingerprint density at radius 2 is 2.28 bits per heavy atom. The Hall–Kier alpha value is -1.35. The highest BCUT2D eigenvalue weighted by atomic mass is 15.2. The van der Waals surface area contributed by atoms with E-state index in [0.717, 1.165) is 24.9 Å². The zero-order chi connectivity index (χ0) is 13.0. The van der Waals surface area contributed by atoms with Gasteiger partial charge >= 0.3 is 0 Å². The van der Waals surface area contributed by atoms with Gasteiger partial charge in [0.25, 0.3) is 0 Å². The number of anilines is 1. The van der Waals surface area contributed by atoms with Crippen molar-refractivity contribution < 1.29 is 0 Å². The normalized spacial score (nSPS) is 14.8. The van der Waals surface area contributed by atoms with E-state index in [1.807, 2.05) is 12.3 Å². The van der Waals surface area contributed by atoms with Crippen LogP contribution in [0.25, 0.3) is 0 Å². The van der Waals surface area contributed by atoms with Crippen LogP contribution in [-0.4, -0.2) is 23.6 Å². The first kappa shape index (κ1) is 13.1. The molecular formula is C15H23N3. The van der Waals surface area contributed by atoms with Crippen LogP contribution in [0, 0.1) is 0 Å². The molecule has 1 aromatic heterocycles. The summed E-state index contributed by atoms with van der Waals surface area (Å²) in [5, 5.41) is 3.50. The van der Waals surface area contributed by atoms with Crippen LogP contribution >= 0.6 is 0 Å². The summed E-state index contributed by atoms with van der Waals surface area (Å²) in [6.07, 6.45) is 6.55. The summed E-state index contributed by atoms with van der Waals surface area (Å²) in [7, 11) is 0. The molecule has 1 aromatic rings. The summed E-state index contributed by atoms with van der Waals surface area (Å²) < 4.78 is 0. The standard InChI is InChI=1S/C15H23N3/c1-4-9-18(12(2)3)15-8-5-13(11-17-15)10-16-14-6-7-14/h4-5,8,11-12,14,16H,1,6-7,9-10H2,2-3H3. The minimum absolute atomic E-state index is 0.436. The van der Waals surface area contributed by atoms with Crippen LogP contribution in [0.3, 0.4) is 0 Å². The summed E-state index contributed by atoms with van der Waals surface area (Å²) in [5.74, 6) is 1.03. The molecular weight excluding hydrogens is 222 g/mol. The van der Waals surface area contributed by atoms with Gasteiger partial charge in [0.2, 0.25) is 0 Å². The second-order valence-corrected chi connectivity index (χ2v) is 5.21. The molecule has 1 aliphatic rings. The van der Waals surface area contributed by atoms with E-state index in [4.69, 9.17) is 0 Å². The van der Waals surface area contributed by atoms with E-state index in [1.165, 1.54) is 18.4 Å². The van der Waals surface area contributed by atoms with E-state index in [0.29, 0.717) is 6.04 Å². The average Bonchev–Trinajstić information content (AvgIpc) is 3.18. The van der Waals surface area contributed by atoms with Crippen molar-refractivity contribution in [1.82, 2.24) is 10.3 Å². The van der Waals surface area contributed by atoms with Crippen LogP contribution in [0.5, 0.6) is 0 Å². The number of pyridine rings is 1. The van der Waals surface area contributed by atoms with E-state index in [1.54, 1.807) is 0 Å². The molecule has 0 radical (unpaired) electrons.